The van der Waals surface area contributed by atoms with Crippen LogP contribution in [0.2, 0.25) is 0 Å². The molecular weight excluding hydrogens is 291 g/mol. The second-order valence-corrected chi connectivity index (χ2v) is 5.65. The van der Waals surface area contributed by atoms with Gasteiger partial charge in [-0.15, -0.1) is 0 Å². The number of nitrogens with zero attached hydrogens (tertiary/aromatic N) is 1. The number of hydrogen-bond donors (Lipinski definition) is 2. The molecular formula is C15H11FN2O2S. The van der Waals surface area contributed by atoms with E-state index in [1.807, 2.05) is 25.1 Å². The number of halogens is 1. The number of carboxylic acids is 1. The molecule has 106 valence electrons. The predicted molar refractivity (Wildman–Crippen MR) is 78.3 cm³/mol. The molecule has 0 amide bonds. The van der Waals surface area contributed by atoms with E-state index in [0.29, 0.717) is 10.1 Å². The summed E-state index contributed by atoms with van der Waals surface area (Å²) < 4.78 is 13.9. The number of fused-ring (bicyclic) bond motifs is 1. The molecule has 21 heavy (non-hydrogen) atoms. The molecule has 1 heterocycles. The zero-order valence-electron chi connectivity index (χ0n) is 11.1. The standard InChI is InChI=1S/C15H11FN2O2S/c1-8-2-4-11-12(6-8)18-15(17-11)21-13-5-3-9(14(19)20)7-10(13)16/h2-7H,1H3,(H,17,18)(H,19,20). The zero-order chi connectivity index (χ0) is 15.0. The Bertz CT molecular complexity index is 845. The van der Waals surface area contributed by atoms with Crippen molar-refractivity contribution in [2.24, 2.45) is 0 Å². The van der Waals surface area contributed by atoms with Crippen molar-refractivity contribution in [3.63, 3.8) is 0 Å². The number of rotatable bonds is 3. The Morgan fingerprint density at radius 3 is 2.81 bits per heavy atom. The molecule has 3 aromatic rings. The summed E-state index contributed by atoms with van der Waals surface area (Å²) in [5.74, 6) is -1.72. The Morgan fingerprint density at radius 1 is 1.29 bits per heavy atom. The number of aromatic nitrogens is 2. The van der Waals surface area contributed by atoms with Gasteiger partial charge in [-0.25, -0.2) is 14.2 Å². The molecule has 0 bridgehead atoms. The Morgan fingerprint density at radius 2 is 2.10 bits per heavy atom. The van der Waals surface area contributed by atoms with E-state index in [9.17, 15) is 9.18 Å². The van der Waals surface area contributed by atoms with Crippen LogP contribution in [0.4, 0.5) is 4.39 Å². The highest BCUT2D eigenvalue weighted by Gasteiger charge is 2.11. The Kier molecular flexibility index (Phi) is 3.39. The third kappa shape index (κ3) is 2.75. The Hall–Kier alpha value is -2.34. The number of hydrogen-bond acceptors (Lipinski definition) is 3. The molecule has 4 nitrogen and oxygen atoms in total. The minimum atomic E-state index is -1.15. The lowest BCUT2D eigenvalue weighted by Gasteiger charge is -2.01. The van der Waals surface area contributed by atoms with Gasteiger partial charge >= 0.3 is 5.97 Å². The van der Waals surface area contributed by atoms with Crippen LogP contribution in [0.15, 0.2) is 46.5 Å². The molecule has 0 aliphatic rings. The minimum absolute atomic E-state index is 0.0721. The Balaban J connectivity index is 1.93. The fourth-order valence-electron chi connectivity index (χ4n) is 1.97. The largest absolute Gasteiger partial charge is 0.478 e. The minimum Gasteiger partial charge on any atom is -0.478 e. The fraction of sp³-hybridized carbons (Fsp3) is 0.0667. The van der Waals surface area contributed by atoms with Crippen LogP contribution in [-0.2, 0) is 0 Å². The maximum Gasteiger partial charge on any atom is 0.335 e. The van der Waals surface area contributed by atoms with Gasteiger partial charge in [-0.05, 0) is 54.6 Å². The van der Waals surface area contributed by atoms with Gasteiger partial charge in [0.15, 0.2) is 5.16 Å². The van der Waals surface area contributed by atoms with Crippen LogP contribution in [0.25, 0.3) is 11.0 Å². The summed E-state index contributed by atoms with van der Waals surface area (Å²) in [6.07, 6.45) is 0. The second-order valence-electron chi connectivity index (χ2n) is 4.61. The number of H-pyrrole nitrogens is 1. The van der Waals surface area contributed by atoms with Crippen molar-refractivity contribution in [3.05, 3.63) is 53.3 Å². The quantitative estimate of drug-likeness (QED) is 0.771. The molecule has 0 spiro atoms. The first-order valence-corrected chi connectivity index (χ1v) is 7.01. The van der Waals surface area contributed by atoms with E-state index in [-0.39, 0.29) is 5.56 Å². The summed E-state index contributed by atoms with van der Waals surface area (Å²) in [4.78, 5) is 18.6. The molecule has 0 aliphatic carbocycles. The molecule has 0 unspecified atom stereocenters. The van der Waals surface area contributed by atoms with E-state index in [1.165, 1.54) is 12.1 Å². The third-order valence-corrected chi connectivity index (χ3v) is 3.94. The van der Waals surface area contributed by atoms with Crippen molar-refractivity contribution in [2.45, 2.75) is 17.0 Å². The highest BCUT2D eigenvalue weighted by atomic mass is 32.2. The van der Waals surface area contributed by atoms with Crippen LogP contribution < -0.4 is 0 Å². The molecule has 0 saturated heterocycles. The van der Waals surface area contributed by atoms with Crippen molar-refractivity contribution >= 4 is 28.8 Å². The van der Waals surface area contributed by atoms with Crippen LogP contribution in [-0.4, -0.2) is 21.0 Å². The molecule has 0 aliphatic heterocycles. The van der Waals surface area contributed by atoms with E-state index in [2.05, 4.69) is 9.97 Å². The van der Waals surface area contributed by atoms with E-state index >= 15 is 0 Å². The number of carboxylic acid groups (broad SMARTS) is 1. The average Bonchev–Trinajstić information content (AvgIpc) is 2.82. The molecule has 0 fully saturated rings. The molecule has 0 radical (unpaired) electrons. The third-order valence-electron chi connectivity index (χ3n) is 3.00. The van der Waals surface area contributed by atoms with Crippen LogP contribution in [0.5, 0.6) is 0 Å². The lowest BCUT2D eigenvalue weighted by atomic mass is 10.2. The number of aromatic amines is 1. The van der Waals surface area contributed by atoms with Crippen LogP contribution >= 0.6 is 11.8 Å². The van der Waals surface area contributed by atoms with Crippen LogP contribution in [0, 0.1) is 12.7 Å². The topological polar surface area (TPSA) is 66.0 Å². The van der Waals surface area contributed by atoms with E-state index in [0.717, 1.165) is 34.4 Å². The maximum atomic E-state index is 13.9. The zero-order valence-corrected chi connectivity index (χ0v) is 11.9. The van der Waals surface area contributed by atoms with Gasteiger partial charge in [0, 0.05) is 0 Å². The fourth-order valence-corrected chi connectivity index (χ4v) is 2.77. The number of aromatic carboxylic acids is 1. The number of benzene rings is 2. The monoisotopic (exact) mass is 302 g/mol. The summed E-state index contributed by atoms with van der Waals surface area (Å²) in [7, 11) is 0. The second kappa shape index (κ2) is 5.21. The highest BCUT2D eigenvalue weighted by molar-refractivity contribution is 7.99. The first-order chi connectivity index (χ1) is 10.0. The van der Waals surface area contributed by atoms with Gasteiger partial charge in [-0.2, -0.15) is 0 Å². The summed E-state index contributed by atoms with van der Waals surface area (Å²) in [6.45, 7) is 1.98. The van der Waals surface area contributed by atoms with Crippen molar-refractivity contribution < 1.29 is 14.3 Å². The van der Waals surface area contributed by atoms with Gasteiger partial charge in [-0.1, -0.05) is 6.07 Å². The van der Waals surface area contributed by atoms with Gasteiger partial charge in [0.05, 0.1) is 21.5 Å². The molecule has 2 aromatic carbocycles. The first-order valence-electron chi connectivity index (χ1n) is 6.20. The number of carbonyl (C=O) groups is 1. The van der Waals surface area contributed by atoms with Crippen molar-refractivity contribution in [3.8, 4) is 0 Å². The maximum absolute atomic E-state index is 13.9. The summed E-state index contributed by atoms with van der Waals surface area (Å²) in [5.41, 5.74) is 2.74. The predicted octanol–water partition coefficient (Wildman–Crippen LogP) is 3.86. The molecule has 6 heteroatoms. The van der Waals surface area contributed by atoms with Crippen molar-refractivity contribution in [1.29, 1.82) is 0 Å². The van der Waals surface area contributed by atoms with Crippen molar-refractivity contribution in [1.82, 2.24) is 9.97 Å². The number of nitrogens with one attached hydrogen (secondary N) is 1. The smallest absolute Gasteiger partial charge is 0.335 e. The molecule has 3 rings (SSSR count). The average molecular weight is 302 g/mol. The number of imidazole rings is 1. The normalized spacial score (nSPS) is 11.0. The molecule has 2 N–H and O–H groups in total. The van der Waals surface area contributed by atoms with Gasteiger partial charge in [0.1, 0.15) is 5.82 Å². The van der Waals surface area contributed by atoms with Gasteiger partial charge < -0.3 is 10.1 Å². The van der Waals surface area contributed by atoms with Crippen LogP contribution in [0.1, 0.15) is 15.9 Å². The summed E-state index contributed by atoms with van der Waals surface area (Å²) >= 11 is 1.13. The van der Waals surface area contributed by atoms with Crippen molar-refractivity contribution in [2.75, 3.05) is 0 Å². The first kappa shape index (κ1) is 13.6. The lowest BCUT2D eigenvalue weighted by molar-refractivity contribution is 0.0696. The van der Waals surface area contributed by atoms with Crippen LogP contribution in [0.3, 0.4) is 0 Å². The van der Waals surface area contributed by atoms with E-state index in [1.54, 1.807) is 0 Å². The molecule has 0 atom stereocenters. The summed E-state index contributed by atoms with van der Waals surface area (Å²) in [6, 6.07) is 9.66. The molecule has 0 saturated carbocycles. The highest BCUT2D eigenvalue weighted by Crippen LogP contribution is 2.30. The lowest BCUT2D eigenvalue weighted by Crippen LogP contribution is -1.97. The van der Waals surface area contributed by atoms with Gasteiger partial charge in [0.2, 0.25) is 0 Å². The Labute approximate surface area is 124 Å². The van der Waals surface area contributed by atoms with Gasteiger partial charge in [-0.3, -0.25) is 0 Å². The number of aryl methyl sites for hydroxylation is 1. The molecule has 1 aromatic heterocycles. The van der Waals surface area contributed by atoms with E-state index in [4.69, 9.17) is 5.11 Å². The van der Waals surface area contributed by atoms with Gasteiger partial charge in [0.25, 0.3) is 0 Å². The van der Waals surface area contributed by atoms with E-state index < -0.39 is 11.8 Å². The summed E-state index contributed by atoms with van der Waals surface area (Å²) in [5, 5.41) is 9.39. The SMILES string of the molecule is Cc1ccc2nc(Sc3ccc(C(=O)O)cc3F)[nH]c2c1.